The number of Topliss-reactive ketones (excluding diaryl/α,β-unsaturated/α-hetero) is 1. The predicted molar refractivity (Wildman–Crippen MR) is 135 cm³/mol. The molecule has 0 fully saturated rings. The van der Waals surface area contributed by atoms with Gasteiger partial charge in [0.25, 0.3) is 5.91 Å². The van der Waals surface area contributed by atoms with E-state index in [1.54, 1.807) is 17.8 Å². The van der Waals surface area contributed by atoms with E-state index in [0.717, 1.165) is 11.3 Å². The summed E-state index contributed by atoms with van der Waals surface area (Å²) in [4.78, 5) is 26.4. The van der Waals surface area contributed by atoms with Crippen LogP contribution in [0.2, 0.25) is 0 Å². The van der Waals surface area contributed by atoms with Crippen LogP contribution in [0.4, 0.5) is 0 Å². The SMILES string of the molecule is CCC(=O)[C@H](Cc1ccccc1)NC(=O)c1ccc(CSc2cc(C(C)(C)C)ccc2C)o1. The third kappa shape index (κ3) is 6.84. The summed E-state index contributed by atoms with van der Waals surface area (Å²) in [6.07, 6.45) is 0.830. The molecule has 0 unspecified atom stereocenters. The maximum atomic E-state index is 12.8. The number of thioether (sulfide) groups is 1. The molecule has 0 radical (unpaired) electrons. The molecule has 1 N–H and O–H groups in total. The first-order chi connectivity index (χ1) is 15.7. The molecule has 0 saturated carbocycles. The van der Waals surface area contributed by atoms with Gasteiger partial charge >= 0.3 is 0 Å². The van der Waals surface area contributed by atoms with Crippen molar-refractivity contribution < 1.29 is 14.0 Å². The number of amides is 1. The lowest BCUT2D eigenvalue weighted by Crippen LogP contribution is -2.42. The first-order valence-electron chi connectivity index (χ1n) is 11.4. The number of hydrogen-bond acceptors (Lipinski definition) is 4. The van der Waals surface area contributed by atoms with Gasteiger partial charge in [-0.05, 0) is 53.6 Å². The summed E-state index contributed by atoms with van der Waals surface area (Å²) in [5, 5.41) is 2.86. The Morgan fingerprint density at radius 3 is 2.42 bits per heavy atom. The van der Waals surface area contributed by atoms with E-state index < -0.39 is 6.04 Å². The molecule has 0 bridgehead atoms. The van der Waals surface area contributed by atoms with Crippen LogP contribution < -0.4 is 5.32 Å². The van der Waals surface area contributed by atoms with Gasteiger partial charge in [0.15, 0.2) is 11.5 Å². The highest BCUT2D eigenvalue weighted by Crippen LogP contribution is 2.31. The molecule has 5 heteroatoms. The van der Waals surface area contributed by atoms with Crippen LogP contribution in [0.1, 0.15) is 67.1 Å². The molecule has 2 aromatic carbocycles. The molecule has 3 aromatic rings. The van der Waals surface area contributed by atoms with Gasteiger partial charge in [-0.15, -0.1) is 11.8 Å². The van der Waals surface area contributed by atoms with Crippen molar-refractivity contribution in [1.82, 2.24) is 5.32 Å². The van der Waals surface area contributed by atoms with Crippen LogP contribution in [0, 0.1) is 6.92 Å². The molecule has 1 aromatic heterocycles. The molecule has 3 rings (SSSR count). The van der Waals surface area contributed by atoms with E-state index in [0.29, 0.717) is 18.6 Å². The molecule has 1 heterocycles. The van der Waals surface area contributed by atoms with Gasteiger partial charge in [-0.3, -0.25) is 9.59 Å². The second-order valence-corrected chi connectivity index (χ2v) is 10.3. The molecule has 0 saturated heterocycles. The highest BCUT2D eigenvalue weighted by atomic mass is 32.2. The van der Waals surface area contributed by atoms with Crippen molar-refractivity contribution in [2.45, 2.75) is 69.6 Å². The number of hydrogen-bond donors (Lipinski definition) is 1. The fourth-order valence-electron chi connectivity index (χ4n) is 3.52. The largest absolute Gasteiger partial charge is 0.455 e. The van der Waals surface area contributed by atoms with E-state index in [1.165, 1.54) is 16.0 Å². The molecule has 33 heavy (non-hydrogen) atoms. The minimum atomic E-state index is -0.574. The zero-order valence-electron chi connectivity index (χ0n) is 20.1. The Morgan fingerprint density at radius 1 is 1.03 bits per heavy atom. The fourth-order valence-corrected chi connectivity index (χ4v) is 4.48. The number of nitrogens with one attached hydrogen (secondary N) is 1. The molecule has 0 aliphatic rings. The lowest BCUT2D eigenvalue weighted by molar-refractivity contribution is -0.120. The molecule has 174 valence electrons. The molecule has 0 spiro atoms. The molecular formula is C28H33NO3S. The maximum Gasteiger partial charge on any atom is 0.287 e. The van der Waals surface area contributed by atoms with E-state index in [4.69, 9.17) is 4.42 Å². The van der Waals surface area contributed by atoms with Crippen molar-refractivity contribution in [3.8, 4) is 0 Å². The molecule has 0 aliphatic heterocycles. The highest BCUT2D eigenvalue weighted by molar-refractivity contribution is 7.98. The van der Waals surface area contributed by atoms with Crippen molar-refractivity contribution in [2.24, 2.45) is 0 Å². The van der Waals surface area contributed by atoms with Crippen LogP contribution in [0.15, 0.2) is 70.0 Å². The van der Waals surface area contributed by atoms with E-state index in [2.05, 4.69) is 51.2 Å². The number of benzene rings is 2. The Morgan fingerprint density at radius 2 is 1.76 bits per heavy atom. The van der Waals surface area contributed by atoms with Gasteiger partial charge in [0.2, 0.25) is 0 Å². The van der Waals surface area contributed by atoms with Gasteiger partial charge < -0.3 is 9.73 Å². The third-order valence-electron chi connectivity index (χ3n) is 5.63. The fraction of sp³-hybridized carbons (Fsp3) is 0.357. The summed E-state index contributed by atoms with van der Waals surface area (Å²) in [5.74, 6) is 1.23. The molecule has 4 nitrogen and oxygen atoms in total. The molecule has 1 atom stereocenters. The normalized spacial score (nSPS) is 12.4. The van der Waals surface area contributed by atoms with Gasteiger partial charge in [0.1, 0.15) is 5.76 Å². The number of carbonyl (C=O) groups is 2. The Labute approximate surface area is 201 Å². The summed E-state index contributed by atoms with van der Waals surface area (Å²) in [6.45, 7) is 10.5. The second kappa shape index (κ2) is 10.9. The Bertz CT molecular complexity index is 1100. The van der Waals surface area contributed by atoms with Gasteiger partial charge in [-0.1, -0.05) is 70.2 Å². The van der Waals surface area contributed by atoms with E-state index >= 15 is 0 Å². The Balaban J connectivity index is 1.65. The van der Waals surface area contributed by atoms with Crippen molar-refractivity contribution in [3.63, 3.8) is 0 Å². The van der Waals surface area contributed by atoms with Crippen LogP contribution >= 0.6 is 11.8 Å². The summed E-state index contributed by atoms with van der Waals surface area (Å²) >= 11 is 1.70. The van der Waals surface area contributed by atoms with Crippen molar-refractivity contribution in [1.29, 1.82) is 0 Å². The number of furan rings is 1. The standard InChI is InChI=1S/C28H33NO3S/c1-6-24(30)23(16-20-10-8-7-9-11-20)29-27(31)25-15-14-22(32-25)18-33-26-17-21(28(3,4)5)13-12-19(26)2/h7-15,17,23H,6,16,18H2,1-5H3,(H,29,31)/t23-/m0/s1. The van der Waals surface area contributed by atoms with E-state index in [9.17, 15) is 9.59 Å². The summed E-state index contributed by atoms with van der Waals surface area (Å²) in [5.41, 5.74) is 3.61. The average molecular weight is 464 g/mol. The number of rotatable bonds is 9. The van der Waals surface area contributed by atoms with Crippen molar-refractivity contribution in [3.05, 3.63) is 88.9 Å². The minimum Gasteiger partial charge on any atom is -0.455 e. The first-order valence-corrected chi connectivity index (χ1v) is 12.4. The average Bonchev–Trinajstić information content (AvgIpc) is 3.26. The topological polar surface area (TPSA) is 59.3 Å². The molecular weight excluding hydrogens is 430 g/mol. The number of aryl methyl sites for hydroxylation is 1. The molecule has 1 amide bonds. The lowest BCUT2D eigenvalue weighted by atomic mass is 9.87. The first kappa shape index (κ1) is 24.8. The van der Waals surface area contributed by atoms with Gasteiger partial charge in [0, 0.05) is 11.3 Å². The van der Waals surface area contributed by atoms with Gasteiger partial charge in [-0.2, -0.15) is 0 Å². The van der Waals surface area contributed by atoms with Crippen LogP contribution in [-0.2, 0) is 22.4 Å². The zero-order chi connectivity index (χ0) is 24.0. The van der Waals surface area contributed by atoms with Crippen LogP contribution in [0.5, 0.6) is 0 Å². The predicted octanol–water partition coefficient (Wildman–Crippen LogP) is 6.50. The highest BCUT2D eigenvalue weighted by Gasteiger charge is 2.22. The lowest BCUT2D eigenvalue weighted by Gasteiger charge is -2.20. The second-order valence-electron chi connectivity index (χ2n) is 9.32. The zero-order valence-corrected chi connectivity index (χ0v) is 20.9. The maximum absolute atomic E-state index is 12.8. The number of carbonyl (C=O) groups excluding carboxylic acids is 2. The number of ketones is 1. The Hall–Kier alpha value is -2.79. The van der Waals surface area contributed by atoms with Crippen molar-refractivity contribution in [2.75, 3.05) is 0 Å². The van der Waals surface area contributed by atoms with Gasteiger partial charge in [-0.25, -0.2) is 0 Å². The monoisotopic (exact) mass is 463 g/mol. The summed E-state index contributed by atoms with van der Waals surface area (Å²) in [6, 6.07) is 19.2. The Kier molecular flexibility index (Phi) is 8.20. The third-order valence-corrected chi connectivity index (χ3v) is 6.81. The quantitative estimate of drug-likeness (QED) is 0.368. The minimum absolute atomic E-state index is 0.00347. The summed E-state index contributed by atoms with van der Waals surface area (Å²) < 4.78 is 5.82. The van der Waals surface area contributed by atoms with Crippen LogP contribution in [0.3, 0.4) is 0 Å². The van der Waals surface area contributed by atoms with Crippen LogP contribution in [0.25, 0.3) is 0 Å². The molecule has 0 aliphatic carbocycles. The van der Waals surface area contributed by atoms with Crippen molar-refractivity contribution >= 4 is 23.5 Å². The van der Waals surface area contributed by atoms with Gasteiger partial charge in [0.05, 0.1) is 11.8 Å². The smallest absolute Gasteiger partial charge is 0.287 e. The summed E-state index contributed by atoms with van der Waals surface area (Å²) in [7, 11) is 0. The van der Waals surface area contributed by atoms with E-state index in [-0.39, 0.29) is 22.9 Å². The van der Waals surface area contributed by atoms with Crippen LogP contribution in [-0.4, -0.2) is 17.7 Å². The van der Waals surface area contributed by atoms with E-state index in [1.807, 2.05) is 43.3 Å².